The maximum Gasteiger partial charge on any atom is 0.0701 e. The third kappa shape index (κ3) is 14.2. The summed E-state index contributed by atoms with van der Waals surface area (Å²) in [5.41, 5.74) is 0. The zero-order valence-electron chi connectivity index (χ0n) is 13.5. The lowest BCUT2D eigenvalue weighted by atomic mass is 10.0. The fourth-order valence-corrected chi connectivity index (χ4v) is 1.95. The topological polar surface area (TPSA) is 49.0 Å². The average Bonchev–Trinajstić information content (AvgIpc) is 2.46. The predicted molar refractivity (Wildman–Crippen MR) is 81.3 cm³/mol. The van der Waals surface area contributed by atoms with E-state index in [0.717, 1.165) is 32.7 Å². The zero-order chi connectivity index (χ0) is 14.9. The van der Waals surface area contributed by atoms with Crippen molar-refractivity contribution in [1.82, 2.24) is 5.32 Å². The van der Waals surface area contributed by atoms with Crippen molar-refractivity contribution in [1.29, 1.82) is 0 Å². The summed E-state index contributed by atoms with van der Waals surface area (Å²) in [5.74, 6) is 0.686. The molecule has 0 heterocycles. The van der Waals surface area contributed by atoms with Crippen molar-refractivity contribution in [3.63, 3.8) is 0 Å². The van der Waals surface area contributed by atoms with E-state index < -0.39 is 0 Å². The van der Waals surface area contributed by atoms with Crippen LogP contribution in [-0.2, 0) is 18.9 Å². The second kappa shape index (κ2) is 16.9. The molecule has 0 radical (unpaired) electrons. The van der Waals surface area contributed by atoms with Gasteiger partial charge in [0, 0.05) is 27.4 Å². The Morgan fingerprint density at radius 3 is 2.10 bits per heavy atom. The van der Waals surface area contributed by atoms with Gasteiger partial charge >= 0.3 is 0 Å². The van der Waals surface area contributed by atoms with E-state index in [1.54, 1.807) is 14.2 Å². The number of rotatable bonds is 16. The molecule has 0 aliphatic heterocycles. The van der Waals surface area contributed by atoms with Crippen LogP contribution in [0.25, 0.3) is 0 Å². The van der Waals surface area contributed by atoms with Crippen LogP contribution in [0, 0.1) is 5.92 Å². The maximum absolute atomic E-state index is 5.60. The van der Waals surface area contributed by atoms with Crippen LogP contribution in [-0.4, -0.2) is 67.0 Å². The van der Waals surface area contributed by atoms with Crippen molar-refractivity contribution in [2.75, 3.05) is 67.0 Å². The summed E-state index contributed by atoms with van der Waals surface area (Å²) >= 11 is 0. The number of methoxy groups -OCH3 is 2. The van der Waals surface area contributed by atoms with Crippen molar-refractivity contribution in [2.24, 2.45) is 5.92 Å². The molecule has 20 heavy (non-hydrogen) atoms. The third-order valence-corrected chi connectivity index (χ3v) is 3.09. The molecule has 1 unspecified atom stereocenters. The Balaban J connectivity index is 3.40. The minimum Gasteiger partial charge on any atom is -0.383 e. The SMILES string of the molecule is CCCC(CCOCCOCCOC)CNCCOC. The molecule has 0 saturated carbocycles. The molecule has 1 atom stereocenters. The van der Waals surface area contributed by atoms with Gasteiger partial charge < -0.3 is 24.3 Å². The predicted octanol–water partition coefficient (Wildman–Crippen LogP) is 1.71. The summed E-state index contributed by atoms with van der Waals surface area (Å²) in [7, 11) is 3.40. The first kappa shape index (κ1) is 19.8. The van der Waals surface area contributed by atoms with E-state index in [0.29, 0.717) is 32.3 Å². The third-order valence-electron chi connectivity index (χ3n) is 3.09. The van der Waals surface area contributed by atoms with Gasteiger partial charge in [0.05, 0.1) is 33.0 Å². The quantitative estimate of drug-likeness (QED) is 0.439. The van der Waals surface area contributed by atoms with Gasteiger partial charge in [-0.2, -0.15) is 0 Å². The molecule has 0 aromatic rings. The summed E-state index contributed by atoms with van der Waals surface area (Å²) in [6.07, 6.45) is 3.57. The summed E-state index contributed by atoms with van der Waals surface area (Å²) in [4.78, 5) is 0. The van der Waals surface area contributed by atoms with Crippen LogP contribution in [0.5, 0.6) is 0 Å². The molecular weight excluding hydrogens is 258 g/mol. The molecule has 0 aliphatic carbocycles. The van der Waals surface area contributed by atoms with E-state index in [2.05, 4.69) is 12.2 Å². The van der Waals surface area contributed by atoms with Crippen LogP contribution in [0.3, 0.4) is 0 Å². The van der Waals surface area contributed by atoms with Crippen LogP contribution in [0.4, 0.5) is 0 Å². The van der Waals surface area contributed by atoms with Gasteiger partial charge in [-0.3, -0.25) is 0 Å². The molecule has 0 amide bonds. The largest absolute Gasteiger partial charge is 0.383 e. The second-order valence-electron chi connectivity index (χ2n) is 4.86. The van der Waals surface area contributed by atoms with Crippen molar-refractivity contribution in [3.05, 3.63) is 0 Å². The van der Waals surface area contributed by atoms with Gasteiger partial charge in [0.1, 0.15) is 0 Å². The van der Waals surface area contributed by atoms with Crippen LogP contribution < -0.4 is 5.32 Å². The Bertz CT molecular complexity index is 181. The molecular formula is C15H33NO4. The van der Waals surface area contributed by atoms with E-state index in [1.807, 2.05) is 0 Å². The van der Waals surface area contributed by atoms with E-state index in [1.165, 1.54) is 12.8 Å². The molecule has 0 fully saturated rings. The summed E-state index contributed by atoms with van der Waals surface area (Å²) in [6, 6.07) is 0. The minimum absolute atomic E-state index is 0.641. The molecule has 0 spiro atoms. The lowest BCUT2D eigenvalue weighted by molar-refractivity contribution is 0.0216. The molecule has 0 aliphatic rings. The Morgan fingerprint density at radius 1 is 0.800 bits per heavy atom. The molecule has 122 valence electrons. The van der Waals surface area contributed by atoms with Crippen LogP contribution >= 0.6 is 0 Å². The number of ether oxygens (including phenoxy) is 4. The summed E-state index contributed by atoms with van der Waals surface area (Å²) < 4.78 is 20.9. The fourth-order valence-electron chi connectivity index (χ4n) is 1.95. The van der Waals surface area contributed by atoms with Crippen LogP contribution in [0.2, 0.25) is 0 Å². The van der Waals surface area contributed by atoms with Gasteiger partial charge in [0.25, 0.3) is 0 Å². The number of nitrogens with one attached hydrogen (secondary N) is 1. The molecule has 0 rings (SSSR count). The number of hydrogen-bond acceptors (Lipinski definition) is 5. The van der Waals surface area contributed by atoms with Crippen molar-refractivity contribution in [2.45, 2.75) is 26.2 Å². The molecule has 1 N–H and O–H groups in total. The highest BCUT2D eigenvalue weighted by Crippen LogP contribution is 2.10. The van der Waals surface area contributed by atoms with E-state index >= 15 is 0 Å². The zero-order valence-corrected chi connectivity index (χ0v) is 13.5. The highest BCUT2D eigenvalue weighted by Gasteiger charge is 2.07. The highest BCUT2D eigenvalue weighted by atomic mass is 16.5. The first-order valence-corrected chi connectivity index (χ1v) is 7.69. The Hall–Kier alpha value is -0.200. The average molecular weight is 291 g/mol. The van der Waals surface area contributed by atoms with E-state index in [-0.39, 0.29) is 0 Å². The standard InChI is InChI=1S/C15H33NO4/c1-4-5-15(14-16-7-9-17-2)6-8-19-12-13-20-11-10-18-3/h15-16H,4-14H2,1-3H3. The molecule has 0 bridgehead atoms. The molecule has 5 heteroatoms. The lowest BCUT2D eigenvalue weighted by Gasteiger charge is -2.17. The fraction of sp³-hybridized carbons (Fsp3) is 1.00. The van der Waals surface area contributed by atoms with Crippen molar-refractivity contribution >= 4 is 0 Å². The summed E-state index contributed by atoms with van der Waals surface area (Å²) in [5, 5.41) is 3.43. The monoisotopic (exact) mass is 291 g/mol. The Morgan fingerprint density at radius 2 is 1.45 bits per heavy atom. The van der Waals surface area contributed by atoms with Gasteiger partial charge in [-0.1, -0.05) is 13.3 Å². The smallest absolute Gasteiger partial charge is 0.0701 e. The molecule has 0 aromatic heterocycles. The highest BCUT2D eigenvalue weighted by molar-refractivity contribution is 4.62. The van der Waals surface area contributed by atoms with E-state index in [4.69, 9.17) is 18.9 Å². The lowest BCUT2D eigenvalue weighted by Crippen LogP contribution is -2.27. The van der Waals surface area contributed by atoms with Gasteiger partial charge in [-0.05, 0) is 25.3 Å². The van der Waals surface area contributed by atoms with Crippen molar-refractivity contribution < 1.29 is 18.9 Å². The van der Waals surface area contributed by atoms with Gasteiger partial charge in [0.2, 0.25) is 0 Å². The Labute approximate surface area is 124 Å². The maximum atomic E-state index is 5.60. The van der Waals surface area contributed by atoms with E-state index in [9.17, 15) is 0 Å². The number of hydrogen-bond donors (Lipinski definition) is 1. The minimum atomic E-state index is 0.641. The molecule has 0 aromatic carbocycles. The van der Waals surface area contributed by atoms with Gasteiger partial charge in [-0.15, -0.1) is 0 Å². The Kier molecular flexibility index (Phi) is 16.7. The normalized spacial score (nSPS) is 12.8. The first-order valence-electron chi connectivity index (χ1n) is 7.69. The van der Waals surface area contributed by atoms with Crippen LogP contribution in [0.15, 0.2) is 0 Å². The van der Waals surface area contributed by atoms with Crippen molar-refractivity contribution in [3.8, 4) is 0 Å². The van der Waals surface area contributed by atoms with Gasteiger partial charge in [0.15, 0.2) is 0 Å². The molecule has 5 nitrogen and oxygen atoms in total. The first-order chi connectivity index (χ1) is 9.85. The summed E-state index contributed by atoms with van der Waals surface area (Å²) in [6.45, 7) is 8.38. The van der Waals surface area contributed by atoms with Crippen LogP contribution in [0.1, 0.15) is 26.2 Å². The molecule has 0 saturated heterocycles. The second-order valence-corrected chi connectivity index (χ2v) is 4.86. The van der Waals surface area contributed by atoms with Gasteiger partial charge in [-0.25, -0.2) is 0 Å².